The number of amides is 4. The lowest BCUT2D eigenvalue weighted by Crippen LogP contribution is -2.49. The van der Waals surface area contributed by atoms with Crippen molar-refractivity contribution in [3.63, 3.8) is 0 Å². The van der Waals surface area contributed by atoms with E-state index in [-0.39, 0.29) is 19.6 Å². The van der Waals surface area contributed by atoms with E-state index in [1.807, 2.05) is 0 Å². The molecular formula is C12H24N6O4. The minimum Gasteiger partial charge on any atom is -0.368 e. The van der Waals surface area contributed by atoms with Gasteiger partial charge >= 0.3 is 0 Å². The van der Waals surface area contributed by atoms with Crippen molar-refractivity contribution in [1.82, 2.24) is 16.0 Å². The number of unbranched alkanes of at least 4 members (excludes halogenated alkanes) is 1. The first-order valence-corrected chi connectivity index (χ1v) is 6.93. The molecule has 9 N–H and O–H groups in total. The first-order valence-electron chi connectivity index (χ1n) is 6.93. The SMILES string of the molecule is NCCCCC(NC(=O)CNC(=O)CNC(=O)CN)C(N)=O. The normalized spacial score (nSPS) is 11.4. The van der Waals surface area contributed by atoms with Gasteiger partial charge in [-0.2, -0.15) is 0 Å². The minimum atomic E-state index is -0.798. The van der Waals surface area contributed by atoms with Gasteiger partial charge < -0.3 is 33.2 Å². The summed E-state index contributed by atoms with van der Waals surface area (Å²) in [5.41, 5.74) is 15.6. The highest BCUT2D eigenvalue weighted by molar-refractivity contribution is 5.90. The van der Waals surface area contributed by atoms with Gasteiger partial charge in [0.1, 0.15) is 6.04 Å². The van der Waals surface area contributed by atoms with Crippen LogP contribution < -0.4 is 33.2 Å². The molecule has 0 aromatic carbocycles. The molecule has 0 fully saturated rings. The third kappa shape index (κ3) is 9.66. The zero-order valence-electron chi connectivity index (χ0n) is 12.4. The molecule has 22 heavy (non-hydrogen) atoms. The number of hydrogen-bond acceptors (Lipinski definition) is 6. The van der Waals surface area contributed by atoms with Crippen molar-refractivity contribution in [2.45, 2.75) is 25.3 Å². The quantitative estimate of drug-likeness (QED) is 0.213. The van der Waals surface area contributed by atoms with E-state index in [0.717, 1.165) is 6.42 Å². The van der Waals surface area contributed by atoms with Crippen LogP contribution in [0.5, 0.6) is 0 Å². The molecule has 0 heterocycles. The summed E-state index contributed by atoms with van der Waals surface area (Å²) in [5, 5.41) is 6.98. The molecule has 0 aromatic heterocycles. The fourth-order valence-electron chi connectivity index (χ4n) is 1.52. The molecule has 0 aliphatic carbocycles. The van der Waals surface area contributed by atoms with Gasteiger partial charge in [0.25, 0.3) is 0 Å². The molecule has 0 radical (unpaired) electrons. The number of carbonyl (C=O) groups is 4. The van der Waals surface area contributed by atoms with Crippen LogP contribution in [0, 0.1) is 0 Å². The van der Waals surface area contributed by atoms with E-state index in [1.54, 1.807) is 0 Å². The van der Waals surface area contributed by atoms with Crippen LogP contribution in [0.3, 0.4) is 0 Å². The molecule has 0 saturated heterocycles. The predicted octanol–water partition coefficient (Wildman–Crippen LogP) is -3.72. The first kappa shape index (κ1) is 19.8. The fourth-order valence-corrected chi connectivity index (χ4v) is 1.52. The van der Waals surface area contributed by atoms with E-state index in [1.165, 1.54) is 0 Å². The van der Waals surface area contributed by atoms with Crippen LogP contribution in [0.25, 0.3) is 0 Å². The summed E-state index contributed by atoms with van der Waals surface area (Å²) < 4.78 is 0. The third-order valence-electron chi connectivity index (χ3n) is 2.70. The Balaban J connectivity index is 4.05. The summed E-state index contributed by atoms with van der Waals surface area (Å²) >= 11 is 0. The van der Waals surface area contributed by atoms with Crippen molar-refractivity contribution in [2.75, 3.05) is 26.2 Å². The van der Waals surface area contributed by atoms with Gasteiger partial charge in [0.15, 0.2) is 0 Å². The van der Waals surface area contributed by atoms with Crippen LogP contribution in [0.4, 0.5) is 0 Å². The Morgan fingerprint density at radius 1 is 0.864 bits per heavy atom. The molecule has 1 unspecified atom stereocenters. The lowest BCUT2D eigenvalue weighted by atomic mass is 10.1. The van der Waals surface area contributed by atoms with E-state index in [2.05, 4.69) is 16.0 Å². The van der Waals surface area contributed by atoms with Gasteiger partial charge in [0.2, 0.25) is 23.6 Å². The van der Waals surface area contributed by atoms with Gasteiger partial charge in [-0.05, 0) is 25.8 Å². The number of primary amides is 1. The van der Waals surface area contributed by atoms with E-state index in [4.69, 9.17) is 17.2 Å². The molecule has 1 atom stereocenters. The van der Waals surface area contributed by atoms with Gasteiger partial charge in [-0.1, -0.05) is 0 Å². The predicted molar refractivity (Wildman–Crippen MR) is 79.1 cm³/mol. The van der Waals surface area contributed by atoms with E-state index >= 15 is 0 Å². The zero-order valence-corrected chi connectivity index (χ0v) is 12.4. The Kier molecular flexibility index (Phi) is 10.3. The summed E-state index contributed by atoms with van der Waals surface area (Å²) in [7, 11) is 0. The van der Waals surface area contributed by atoms with E-state index in [0.29, 0.717) is 19.4 Å². The standard InChI is InChI=1S/C12H24N6O4/c13-4-2-1-3-8(12(15)22)18-11(21)7-17-10(20)6-16-9(19)5-14/h8H,1-7,13-14H2,(H2,15,22)(H,16,19)(H,17,20)(H,18,21). The molecule has 0 bridgehead atoms. The molecule has 0 saturated carbocycles. The van der Waals surface area contributed by atoms with E-state index < -0.39 is 29.7 Å². The molecule has 0 aliphatic heterocycles. The lowest BCUT2D eigenvalue weighted by molar-refractivity contribution is -0.129. The molecule has 10 nitrogen and oxygen atoms in total. The molecule has 0 rings (SSSR count). The van der Waals surface area contributed by atoms with Gasteiger partial charge in [-0.3, -0.25) is 19.2 Å². The highest BCUT2D eigenvalue weighted by atomic mass is 16.2. The molecule has 0 aromatic rings. The number of hydrogen-bond donors (Lipinski definition) is 6. The molecule has 126 valence electrons. The largest absolute Gasteiger partial charge is 0.368 e. The maximum atomic E-state index is 11.6. The van der Waals surface area contributed by atoms with Crippen LogP contribution in [0.1, 0.15) is 19.3 Å². The summed E-state index contributed by atoms with van der Waals surface area (Å²) in [6.07, 6.45) is 1.76. The van der Waals surface area contributed by atoms with Crippen molar-refractivity contribution < 1.29 is 19.2 Å². The Morgan fingerprint density at radius 3 is 2.00 bits per heavy atom. The molecule has 0 aliphatic rings. The van der Waals surface area contributed by atoms with Crippen molar-refractivity contribution >= 4 is 23.6 Å². The average molecular weight is 316 g/mol. The summed E-state index contributed by atoms with van der Waals surface area (Å²) in [6, 6.07) is -0.798. The van der Waals surface area contributed by atoms with Crippen LogP contribution in [0.2, 0.25) is 0 Å². The summed E-state index contributed by atoms with van der Waals surface area (Å²) in [4.78, 5) is 45.0. The topological polar surface area (TPSA) is 182 Å². The van der Waals surface area contributed by atoms with Crippen LogP contribution in [-0.2, 0) is 19.2 Å². The Morgan fingerprint density at radius 2 is 1.45 bits per heavy atom. The fraction of sp³-hybridized carbons (Fsp3) is 0.667. The second-order valence-electron chi connectivity index (χ2n) is 4.56. The zero-order chi connectivity index (χ0) is 17.0. The molecule has 0 spiro atoms. The van der Waals surface area contributed by atoms with Gasteiger partial charge in [0.05, 0.1) is 19.6 Å². The Bertz CT molecular complexity index is 401. The van der Waals surface area contributed by atoms with Crippen molar-refractivity contribution in [3.05, 3.63) is 0 Å². The van der Waals surface area contributed by atoms with Crippen LogP contribution >= 0.6 is 0 Å². The highest BCUT2D eigenvalue weighted by Crippen LogP contribution is 1.99. The number of nitrogens with one attached hydrogen (secondary N) is 3. The minimum absolute atomic E-state index is 0.225. The summed E-state index contributed by atoms with van der Waals surface area (Å²) in [6.45, 7) is -0.335. The Hall–Kier alpha value is -2.20. The number of carbonyl (C=O) groups excluding carboxylic acids is 4. The van der Waals surface area contributed by atoms with Crippen molar-refractivity contribution in [3.8, 4) is 0 Å². The summed E-state index contributed by atoms with van der Waals surface area (Å²) in [5.74, 6) is -2.22. The van der Waals surface area contributed by atoms with Crippen LogP contribution in [-0.4, -0.2) is 55.8 Å². The van der Waals surface area contributed by atoms with Gasteiger partial charge in [0, 0.05) is 0 Å². The number of nitrogens with two attached hydrogens (primary N) is 3. The monoisotopic (exact) mass is 316 g/mol. The maximum Gasteiger partial charge on any atom is 0.240 e. The molecular weight excluding hydrogens is 292 g/mol. The second kappa shape index (κ2) is 11.5. The van der Waals surface area contributed by atoms with Gasteiger partial charge in [-0.15, -0.1) is 0 Å². The third-order valence-corrected chi connectivity index (χ3v) is 2.70. The van der Waals surface area contributed by atoms with Gasteiger partial charge in [-0.25, -0.2) is 0 Å². The molecule has 4 amide bonds. The lowest BCUT2D eigenvalue weighted by Gasteiger charge is -2.15. The highest BCUT2D eigenvalue weighted by Gasteiger charge is 2.17. The van der Waals surface area contributed by atoms with E-state index in [9.17, 15) is 19.2 Å². The second-order valence-corrected chi connectivity index (χ2v) is 4.56. The smallest absolute Gasteiger partial charge is 0.240 e. The van der Waals surface area contributed by atoms with Crippen molar-refractivity contribution in [1.29, 1.82) is 0 Å². The van der Waals surface area contributed by atoms with Crippen LogP contribution in [0.15, 0.2) is 0 Å². The Labute approximate surface area is 128 Å². The molecule has 10 heteroatoms. The number of rotatable bonds is 11. The maximum absolute atomic E-state index is 11.6. The average Bonchev–Trinajstić information content (AvgIpc) is 2.49. The first-order chi connectivity index (χ1) is 10.4. The van der Waals surface area contributed by atoms with Crippen molar-refractivity contribution in [2.24, 2.45) is 17.2 Å².